The average Bonchev–Trinajstić information content (AvgIpc) is 2.65. The number of fused-ring (bicyclic) bond motifs is 1. The lowest BCUT2D eigenvalue weighted by Gasteiger charge is -2.21. The second-order valence-electron chi connectivity index (χ2n) is 6.35. The molecule has 6 heteroatoms. The highest BCUT2D eigenvalue weighted by atomic mass is 16.3. The molecule has 3 aromatic rings. The highest BCUT2D eigenvalue weighted by Crippen LogP contribution is 2.34. The number of para-hydroxylation sites is 1. The van der Waals surface area contributed by atoms with Gasteiger partial charge in [0.15, 0.2) is 0 Å². The molecule has 3 rings (SSSR count). The molecule has 0 fully saturated rings. The third-order valence-corrected chi connectivity index (χ3v) is 4.52. The van der Waals surface area contributed by atoms with Crippen LogP contribution in [0.1, 0.15) is 10.4 Å². The van der Waals surface area contributed by atoms with Crippen molar-refractivity contribution in [3.8, 4) is 5.75 Å². The van der Waals surface area contributed by atoms with Gasteiger partial charge in [0.05, 0.1) is 10.9 Å². The van der Waals surface area contributed by atoms with Crippen molar-refractivity contribution in [1.29, 1.82) is 0 Å². The number of pyridine rings is 1. The van der Waals surface area contributed by atoms with E-state index in [2.05, 4.69) is 0 Å². The van der Waals surface area contributed by atoms with Crippen molar-refractivity contribution in [2.75, 3.05) is 30.9 Å². The first-order valence-corrected chi connectivity index (χ1v) is 8.19. The first-order chi connectivity index (χ1) is 12.3. The minimum atomic E-state index is -0.551. The van der Waals surface area contributed by atoms with Crippen molar-refractivity contribution in [3.05, 3.63) is 64.4 Å². The fourth-order valence-corrected chi connectivity index (χ4v) is 3.06. The first-order valence-electron chi connectivity index (χ1n) is 8.19. The zero-order valence-electron chi connectivity index (χ0n) is 15.2. The molecule has 0 saturated heterocycles. The Morgan fingerprint density at radius 1 is 1.00 bits per heavy atom. The summed E-state index contributed by atoms with van der Waals surface area (Å²) in [5.74, 6) is -0.843. The van der Waals surface area contributed by atoms with Gasteiger partial charge in [0.2, 0.25) is 0 Å². The van der Waals surface area contributed by atoms with Crippen LogP contribution in [0.4, 0.5) is 11.4 Å². The van der Waals surface area contributed by atoms with E-state index in [1.165, 1.54) is 9.47 Å². The molecule has 1 amide bonds. The number of benzene rings is 2. The van der Waals surface area contributed by atoms with Gasteiger partial charge >= 0.3 is 0 Å². The van der Waals surface area contributed by atoms with Crippen LogP contribution in [-0.2, 0) is 7.05 Å². The second kappa shape index (κ2) is 6.55. The Bertz CT molecular complexity index is 1040. The molecule has 1 heterocycles. The maximum absolute atomic E-state index is 13.0. The van der Waals surface area contributed by atoms with Gasteiger partial charge in [-0.1, -0.05) is 24.3 Å². The van der Waals surface area contributed by atoms with Gasteiger partial charge in [0.1, 0.15) is 11.3 Å². The van der Waals surface area contributed by atoms with Gasteiger partial charge in [0.25, 0.3) is 11.5 Å². The number of carbonyl (C=O) groups is 1. The number of aryl methyl sites for hydroxylation is 1. The lowest BCUT2D eigenvalue weighted by molar-refractivity contribution is 0.0988. The monoisotopic (exact) mass is 351 g/mol. The van der Waals surface area contributed by atoms with Crippen LogP contribution in [0.3, 0.4) is 0 Å². The largest absolute Gasteiger partial charge is 0.506 e. The number of carbonyl (C=O) groups excluding carboxylic acids is 1. The molecule has 0 aliphatic carbocycles. The summed E-state index contributed by atoms with van der Waals surface area (Å²) < 4.78 is 1.40. The van der Waals surface area contributed by atoms with Crippen LogP contribution >= 0.6 is 0 Å². The minimum absolute atomic E-state index is 0.236. The number of rotatable bonds is 3. The van der Waals surface area contributed by atoms with Gasteiger partial charge < -0.3 is 19.5 Å². The number of hydrogen-bond acceptors (Lipinski definition) is 4. The smallest absolute Gasteiger partial charge is 0.267 e. The summed E-state index contributed by atoms with van der Waals surface area (Å²) >= 11 is 0. The summed E-state index contributed by atoms with van der Waals surface area (Å²) in [4.78, 5) is 29.0. The highest BCUT2D eigenvalue weighted by molar-refractivity contribution is 6.12. The zero-order valence-corrected chi connectivity index (χ0v) is 15.2. The highest BCUT2D eigenvalue weighted by Gasteiger charge is 2.26. The van der Waals surface area contributed by atoms with Crippen LogP contribution in [0.15, 0.2) is 53.3 Å². The topological polar surface area (TPSA) is 65.8 Å². The van der Waals surface area contributed by atoms with E-state index in [0.717, 1.165) is 5.69 Å². The Labute approximate surface area is 151 Å². The lowest BCUT2D eigenvalue weighted by Crippen LogP contribution is -2.34. The summed E-state index contributed by atoms with van der Waals surface area (Å²) in [5, 5.41) is 11.3. The number of nitrogens with zero attached hydrogens (tertiary/aromatic N) is 3. The summed E-state index contributed by atoms with van der Waals surface area (Å²) in [6.07, 6.45) is 0. The summed E-state index contributed by atoms with van der Waals surface area (Å²) in [5.41, 5.74) is 1.17. The number of amides is 1. The number of aromatic nitrogens is 1. The second-order valence-corrected chi connectivity index (χ2v) is 6.35. The zero-order chi connectivity index (χ0) is 19.0. The molecule has 0 spiro atoms. The predicted molar refractivity (Wildman–Crippen MR) is 104 cm³/mol. The molecule has 26 heavy (non-hydrogen) atoms. The molecule has 1 N–H and O–H groups in total. The SMILES string of the molecule is CN(C)c1cccc2c1c(O)c(C(=O)N(C)c1ccccc1)c(=O)n2C. The molecule has 0 bridgehead atoms. The van der Waals surface area contributed by atoms with E-state index in [9.17, 15) is 14.7 Å². The Kier molecular flexibility index (Phi) is 4.42. The minimum Gasteiger partial charge on any atom is -0.506 e. The van der Waals surface area contributed by atoms with Crippen molar-refractivity contribution >= 4 is 28.2 Å². The van der Waals surface area contributed by atoms with Gasteiger partial charge in [-0.15, -0.1) is 0 Å². The van der Waals surface area contributed by atoms with Gasteiger partial charge in [-0.05, 0) is 24.3 Å². The summed E-state index contributed by atoms with van der Waals surface area (Å²) in [6.45, 7) is 0. The molecule has 1 aromatic heterocycles. The predicted octanol–water partition coefficient (Wildman–Crippen LogP) is 2.59. The molecular formula is C20H21N3O3. The standard InChI is InChI=1S/C20H21N3O3/c1-21(2)14-11-8-12-15-16(14)18(24)17(20(26)23(15)4)19(25)22(3)13-9-6-5-7-10-13/h5-12,24H,1-4H3. The molecule has 134 valence electrons. The van der Waals surface area contributed by atoms with Crippen LogP contribution in [-0.4, -0.2) is 36.7 Å². The number of hydrogen-bond donors (Lipinski definition) is 1. The molecule has 0 atom stereocenters. The van der Waals surface area contributed by atoms with E-state index < -0.39 is 11.5 Å². The molecule has 0 radical (unpaired) electrons. The van der Waals surface area contributed by atoms with Crippen molar-refractivity contribution in [2.24, 2.45) is 7.05 Å². The Balaban J connectivity index is 2.28. The van der Waals surface area contributed by atoms with Crippen LogP contribution < -0.4 is 15.4 Å². The van der Waals surface area contributed by atoms with Gasteiger partial charge in [-0.25, -0.2) is 0 Å². The van der Waals surface area contributed by atoms with Crippen molar-refractivity contribution in [1.82, 2.24) is 4.57 Å². The average molecular weight is 351 g/mol. The molecule has 0 aliphatic heterocycles. The van der Waals surface area contributed by atoms with E-state index in [1.807, 2.05) is 49.3 Å². The van der Waals surface area contributed by atoms with E-state index in [0.29, 0.717) is 16.6 Å². The summed E-state index contributed by atoms with van der Waals surface area (Å²) in [7, 11) is 6.87. The van der Waals surface area contributed by atoms with Crippen LogP contribution in [0.5, 0.6) is 5.75 Å². The Morgan fingerprint density at radius 2 is 1.65 bits per heavy atom. The van der Waals surface area contributed by atoms with Crippen LogP contribution in [0.25, 0.3) is 10.9 Å². The maximum Gasteiger partial charge on any atom is 0.267 e. The Morgan fingerprint density at radius 3 is 2.27 bits per heavy atom. The molecule has 0 unspecified atom stereocenters. The van der Waals surface area contributed by atoms with E-state index in [-0.39, 0.29) is 11.3 Å². The fraction of sp³-hybridized carbons (Fsp3) is 0.200. The molecule has 6 nitrogen and oxygen atoms in total. The molecular weight excluding hydrogens is 330 g/mol. The number of anilines is 2. The summed E-state index contributed by atoms with van der Waals surface area (Å²) in [6, 6.07) is 14.4. The normalized spacial score (nSPS) is 10.8. The first kappa shape index (κ1) is 17.5. The van der Waals surface area contributed by atoms with Crippen LogP contribution in [0, 0.1) is 0 Å². The van der Waals surface area contributed by atoms with E-state index >= 15 is 0 Å². The van der Waals surface area contributed by atoms with E-state index in [4.69, 9.17) is 0 Å². The third-order valence-electron chi connectivity index (χ3n) is 4.52. The van der Waals surface area contributed by atoms with Gasteiger partial charge in [-0.3, -0.25) is 9.59 Å². The fourth-order valence-electron chi connectivity index (χ4n) is 3.06. The molecule has 0 aliphatic rings. The Hall–Kier alpha value is -3.28. The van der Waals surface area contributed by atoms with Crippen molar-refractivity contribution in [2.45, 2.75) is 0 Å². The lowest BCUT2D eigenvalue weighted by atomic mass is 10.1. The molecule has 0 saturated carbocycles. The van der Waals surface area contributed by atoms with Crippen molar-refractivity contribution < 1.29 is 9.90 Å². The number of aromatic hydroxyl groups is 1. The maximum atomic E-state index is 13.0. The van der Waals surface area contributed by atoms with Crippen LogP contribution in [0.2, 0.25) is 0 Å². The molecule has 2 aromatic carbocycles. The van der Waals surface area contributed by atoms with E-state index in [1.54, 1.807) is 32.3 Å². The van der Waals surface area contributed by atoms with Gasteiger partial charge in [-0.2, -0.15) is 0 Å². The quantitative estimate of drug-likeness (QED) is 0.788. The van der Waals surface area contributed by atoms with Gasteiger partial charge in [0, 0.05) is 39.6 Å². The van der Waals surface area contributed by atoms with Crippen molar-refractivity contribution in [3.63, 3.8) is 0 Å². The third kappa shape index (κ3) is 2.69.